The Morgan fingerprint density at radius 1 is 1.07 bits per heavy atom. The summed E-state index contributed by atoms with van der Waals surface area (Å²) in [6.07, 6.45) is 14.8. The summed E-state index contributed by atoms with van der Waals surface area (Å²) in [4.78, 5) is 16.0. The average molecular weight is 545 g/mol. The van der Waals surface area contributed by atoms with E-state index in [0.717, 1.165) is 61.5 Å². The van der Waals surface area contributed by atoms with Crippen molar-refractivity contribution < 1.29 is 24.1 Å². The lowest BCUT2D eigenvalue weighted by atomic mass is 9.97. The van der Waals surface area contributed by atoms with E-state index in [0.29, 0.717) is 24.5 Å². The standard InChI is InChI=1S/C33H40N2O5/c1-25-11-9-14-31(38-3)26(2)35(23-30(25)33(37)27-12-7-5-4-6-8-13-27)21-10-20-34-22-19-32(39-24-34)40-29-17-15-28(36)16-18-29/h4-7,9,11-12,14-18,23,32,36H,8,10,13,19-22,24H2,1-3H3/b6-4-,7-5-,14-9?,25-11?,27-12+,30-23?,31-26?. The van der Waals surface area contributed by atoms with Crippen molar-refractivity contribution in [1.29, 1.82) is 0 Å². The van der Waals surface area contributed by atoms with Gasteiger partial charge in [0.15, 0.2) is 5.78 Å². The van der Waals surface area contributed by atoms with E-state index in [1.54, 1.807) is 31.4 Å². The number of methoxy groups -OCH3 is 1. The van der Waals surface area contributed by atoms with Gasteiger partial charge in [0, 0.05) is 43.4 Å². The molecule has 1 saturated heterocycles. The number of hydrogen-bond acceptors (Lipinski definition) is 6. The molecule has 1 aromatic heterocycles. The Morgan fingerprint density at radius 2 is 1.90 bits per heavy atom. The van der Waals surface area contributed by atoms with Crippen LogP contribution in [0.25, 0.3) is 0 Å². The van der Waals surface area contributed by atoms with E-state index >= 15 is 0 Å². The van der Waals surface area contributed by atoms with Crippen molar-refractivity contribution in [1.82, 2.24) is 9.47 Å². The van der Waals surface area contributed by atoms with Gasteiger partial charge < -0.3 is 23.9 Å². The molecule has 2 aliphatic rings. The lowest BCUT2D eigenvalue weighted by Gasteiger charge is -2.32. The number of phenols is 1. The second-order valence-corrected chi connectivity index (χ2v) is 10.1. The molecule has 1 N–H and O–H groups in total. The number of rotatable bonds is 9. The maximum absolute atomic E-state index is 13.7. The zero-order chi connectivity index (χ0) is 28.3. The predicted molar refractivity (Wildman–Crippen MR) is 157 cm³/mol. The van der Waals surface area contributed by atoms with Gasteiger partial charge in [-0.15, -0.1) is 0 Å². The SMILES string of the molecule is COc1cccc(C)c(C(=O)/C2=C/C=C\C=C/CC2)cn(CCCN2CCC(Oc3ccc(O)cc3)OC2)c1C. The van der Waals surface area contributed by atoms with E-state index in [4.69, 9.17) is 14.2 Å². The van der Waals surface area contributed by atoms with Crippen LogP contribution in [0.5, 0.6) is 17.2 Å². The molecule has 40 heavy (non-hydrogen) atoms. The van der Waals surface area contributed by atoms with Gasteiger partial charge in [0.05, 0.1) is 12.8 Å². The van der Waals surface area contributed by atoms with Gasteiger partial charge in [-0.25, -0.2) is 0 Å². The number of aryl methyl sites for hydroxylation is 2. The highest BCUT2D eigenvalue weighted by Gasteiger charge is 2.21. The molecule has 4 rings (SSSR count). The molecule has 1 aromatic carbocycles. The maximum atomic E-state index is 13.7. The van der Waals surface area contributed by atoms with Crippen LogP contribution in [0.4, 0.5) is 0 Å². The fraction of sp³-hybridized carbons (Fsp3) is 0.364. The third-order valence-electron chi connectivity index (χ3n) is 7.18. The Balaban J connectivity index is 1.46. The van der Waals surface area contributed by atoms with Crippen molar-refractivity contribution in [2.45, 2.75) is 52.4 Å². The number of carbonyl (C=O) groups is 1. The zero-order valence-electron chi connectivity index (χ0n) is 23.7. The Labute approximate surface area is 237 Å². The van der Waals surface area contributed by atoms with Crippen LogP contribution in [-0.2, 0) is 11.3 Å². The second-order valence-electron chi connectivity index (χ2n) is 10.1. The highest BCUT2D eigenvalue weighted by molar-refractivity contribution is 6.09. The number of ether oxygens (including phenoxy) is 3. The number of aromatic hydroxyl groups is 1. The number of carbonyl (C=O) groups excluding carboxylic acids is 1. The summed E-state index contributed by atoms with van der Waals surface area (Å²) in [5.41, 5.74) is 3.38. The van der Waals surface area contributed by atoms with Crippen LogP contribution in [-0.4, -0.2) is 53.6 Å². The summed E-state index contributed by atoms with van der Waals surface area (Å²) in [5.74, 6) is 1.72. The minimum atomic E-state index is -0.306. The van der Waals surface area contributed by atoms with Gasteiger partial charge in [-0.3, -0.25) is 9.69 Å². The predicted octanol–water partition coefficient (Wildman–Crippen LogP) is 6.43. The molecule has 0 amide bonds. The normalized spacial score (nSPS) is 20.3. The van der Waals surface area contributed by atoms with Crippen molar-refractivity contribution in [3.8, 4) is 17.2 Å². The molecule has 1 aliphatic carbocycles. The maximum Gasteiger partial charge on any atom is 0.202 e. The molecule has 7 nitrogen and oxygen atoms in total. The van der Waals surface area contributed by atoms with E-state index in [2.05, 4.69) is 15.5 Å². The van der Waals surface area contributed by atoms with Crippen LogP contribution < -0.4 is 9.47 Å². The number of ketones is 1. The number of aromatic nitrogens is 1. The van der Waals surface area contributed by atoms with Crippen molar-refractivity contribution in [3.05, 3.63) is 101 Å². The first-order valence-electron chi connectivity index (χ1n) is 13.9. The average Bonchev–Trinajstić information content (AvgIpc) is 2.99. The third kappa shape index (κ3) is 8.10. The highest BCUT2D eigenvalue weighted by atomic mass is 16.7. The number of phenolic OH excluding ortho intramolecular Hbond substituents is 1. The first-order valence-corrected chi connectivity index (χ1v) is 13.9. The summed E-state index contributed by atoms with van der Waals surface area (Å²) in [7, 11) is 1.67. The number of allylic oxidation sites excluding steroid dienone is 6. The van der Waals surface area contributed by atoms with Crippen LogP contribution in [0.3, 0.4) is 0 Å². The van der Waals surface area contributed by atoms with E-state index < -0.39 is 0 Å². The van der Waals surface area contributed by atoms with E-state index in [1.165, 1.54) is 0 Å². The van der Waals surface area contributed by atoms with Gasteiger partial charge in [-0.1, -0.05) is 42.5 Å². The van der Waals surface area contributed by atoms with Crippen molar-refractivity contribution in [2.75, 3.05) is 26.9 Å². The van der Waals surface area contributed by atoms with Gasteiger partial charge in [-0.2, -0.15) is 0 Å². The van der Waals surface area contributed by atoms with Crippen LogP contribution in [0, 0.1) is 13.8 Å². The minimum Gasteiger partial charge on any atom is -0.508 e. The number of nitrogens with zero attached hydrogens (tertiary/aromatic N) is 2. The summed E-state index contributed by atoms with van der Waals surface area (Å²) < 4.78 is 19.7. The topological polar surface area (TPSA) is 73.2 Å². The quantitative estimate of drug-likeness (QED) is 0.367. The van der Waals surface area contributed by atoms with Gasteiger partial charge in [0.25, 0.3) is 0 Å². The minimum absolute atomic E-state index is 0.0601. The summed E-state index contributed by atoms with van der Waals surface area (Å²) in [5, 5.41) is 9.46. The molecule has 1 fully saturated rings. The van der Waals surface area contributed by atoms with Gasteiger partial charge >= 0.3 is 0 Å². The summed E-state index contributed by atoms with van der Waals surface area (Å²) in [6.45, 7) is 6.94. The van der Waals surface area contributed by atoms with Crippen molar-refractivity contribution in [2.24, 2.45) is 0 Å². The molecule has 0 saturated carbocycles. The number of hydrogen-bond donors (Lipinski definition) is 1. The molecule has 1 atom stereocenters. The van der Waals surface area contributed by atoms with E-state index in [-0.39, 0.29) is 17.8 Å². The number of benzene rings is 1. The second kappa shape index (κ2) is 14.5. The molecule has 0 bridgehead atoms. The molecule has 1 unspecified atom stereocenters. The summed E-state index contributed by atoms with van der Waals surface area (Å²) >= 11 is 0. The lowest BCUT2D eigenvalue weighted by Crippen LogP contribution is -2.40. The fourth-order valence-electron chi connectivity index (χ4n) is 4.80. The Kier molecular flexibility index (Phi) is 10.6. The Hall–Kier alpha value is -3.81. The first kappa shape index (κ1) is 29.2. The van der Waals surface area contributed by atoms with Crippen LogP contribution >= 0.6 is 0 Å². The fourth-order valence-corrected chi connectivity index (χ4v) is 4.80. The molecular formula is C33H40N2O5. The highest BCUT2D eigenvalue weighted by Crippen LogP contribution is 2.22. The summed E-state index contributed by atoms with van der Waals surface area (Å²) in [6, 6.07) is 12.5. The van der Waals surface area contributed by atoms with Crippen molar-refractivity contribution >= 4 is 5.78 Å². The van der Waals surface area contributed by atoms with Crippen LogP contribution in [0.15, 0.2) is 84.6 Å². The van der Waals surface area contributed by atoms with E-state index in [1.807, 2.05) is 62.5 Å². The molecule has 0 radical (unpaired) electrons. The van der Waals surface area contributed by atoms with Gasteiger partial charge in [-0.05, 0) is 69.0 Å². The molecule has 212 valence electrons. The zero-order valence-corrected chi connectivity index (χ0v) is 23.7. The lowest BCUT2D eigenvalue weighted by molar-refractivity contribution is -0.154. The molecule has 2 heterocycles. The van der Waals surface area contributed by atoms with E-state index in [9.17, 15) is 9.90 Å². The molecule has 1 aliphatic heterocycles. The smallest absolute Gasteiger partial charge is 0.202 e. The Bertz CT molecular complexity index is 1300. The molecule has 0 spiro atoms. The number of Topliss-reactive ketones (excluding diaryl/α,β-unsaturated/α-hetero) is 1. The van der Waals surface area contributed by atoms with Crippen molar-refractivity contribution in [3.63, 3.8) is 0 Å². The molecule has 2 aromatic rings. The first-order chi connectivity index (χ1) is 19.4. The largest absolute Gasteiger partial charge is 0.508 e. The molecule has 7 heteroatoms. The Morgan fingerprint density at radius 3 is 2.65 bits per heavy atom. The monoisotopic (exact) mass is 544 g/mol. The van der Waals surface area contributed by atoms with Gasteiger partial charge in [0.1, 0.15) is 24.0 Å². The van der Waals surface area contributed by atoms with Crippen LogP contribution in [0.1, 0.15) is 47.3 Å². The molecular weight excluding hydrogens is 504 g/mol. The third-order valence-corrected chi connectivity index (χ3v) is 7.18. The van der Waals surface area contributed by atoms with Gasteiger partial charge in [0.2, 0.25) is 6.29 Å². The van der Waals surface area contributed by atoms with Crippen LogP contribution in [0.2, 0.25) is 0 Å².